The van der Waals surface area contributed by atoms with Crippen LogP contribution < -0.4 is 21.5 Å². The van der Waals surface area contributed by atoms with Crippen LogP contribution in [-0.4, -0.2) is 49.3 Å². The van der Waals surface area contributed by atoms with Crippen LogP contribution in [0.1, 0.15) is 70.6 Å². The van der Waals surface area contributed by atoms with Gasteiger partial charge in [-0.25, -0.2) is 12.8 Å². The lowest BCUT2D eigenvalue weighted by atomic mass is 10.0. The number of nitrogens with zero attached hydrogens (tertiary/aromatic N) is 2. The van der Waals surface area contributed by atoms with Crippen LogP contribution >= 0.6 is 0 Å². The fourth-order valence-corrected chi connectivity index (χ4v) is 6.68. The molecule has 0 amide bonds. The zero-order valence-electron chi connectivity index (χ0n) is 20.3. The van der Waals surface area contributed by atoms with Gasteiger partial charge in [0.25, 0.3) is 10.9 Å². The molecule has 2 aromatic rings. The van der Waals surface area contributed by atoms with Crippen LogP contribution in [0.3, 0.4) is 0 Å². The summed E-state index contributed by atoms with van der Waals surface area (Å²) in [5, 5.41) is 5.70. The molecule has 1 fully saturated rings. The summed E-state index contributed by atoms with van der Waals surface area (Å²) < 4.78 is 40.1. The summed E-state index contributed by atoms with van der Waals surface area (Å²) in [5.74, 6) is 0. The molecule has 35 heavy (non-hydrogen) atoms. The Bertz CT molecular complexity index is 1080. The second kappa shape index (κ2) is 13.7. The van der Waals surface area contributed by atoms with Crippen molar-refractivity contribution >= 4 is 27.1 Å². The minimum Gasteiger partial charge on any atom is -0.380 e. The molecule has 1 saturated carbocycles. The fraction of sp³-hybridized carbons (Fsp3) is 0.640. The Kier molecular flexibility index (Phi) is 10.7. The van der Waals surface area contributed by atoms with Gasteiger partial charge in [-0.2, -0.15) is 4.31 Å². The lowest BCUT2D eigenvalue weighted by Crippen LogP contribution is -2.41. The molecule has 0 atom stereocenters. The number of sulfonamides is 1. The SMILES string of the molecule is O=c1c(NCCCCCCCCN(CCF)S(=O)(=O)C2CCCCC2)c(Nc2ccncc2)c1=O. The van der Waals surface area contributed by atoms with Crippen molar-refractivity contribution in [3.8, 4) is 0 Å². The number of aromatic nitrogens is 1. The highest BCUT2D eigenvalue weighted by molar-refractivity contribution is 7.89. The maximum Gasteiger partial charge on any atom is 0.253 e. The van der Waals surface area contributed by atoms with Crippen molar-refractivity contribution in [1.82, 2.24) is 9.29 Å². The Morgan fingerprint density at radius 1 is 0.886 bits per heavy atom. The second-order valence-electron chi connectivity index (χ2n) is 9.21. The topological polar surface area (TPSA) is 108 Å². The summed E-state index contributed by atoms with van der Waals surface area (Å²) in [5.41, 5.74) is 0.312. The summed E-state index contributed by atoms with van der Waals surface area (Å²) in [6.07, 6.45) is 13.0. The maximum absolute atomic E-state index is 13.0. The van der Waals surface area contributed by atoms with Gasteiger partial charge < -0.3 is 10.6 Å². The maximum atomic E-state index is 13.0. The van der Waals surface area contributed by atoms with Crippen LogP contribution in [0, 0.1) is 0 Å². The Hall–Kier alpha value is -2.33. The number of nitrogens with one attached hydrogen (secondary N) is 2. The van der Waals surface area contributed by atoms with Crippen molar-refractivity contribution in [2.24, 2.45) is 0 Å². The molecular weight excluding hydrogens is 471 g/mol. The number of hydrogen-bond acceptors (Lipinski definition) is 7. The van der Waals surface area contributed by atoms with E-state index in [0.29, 0.717) is 43.0 Å². The first-order chi connectivity index (χ1) is 16.9. The van der Waals surface area contributed by atoms with E-state index in [2.05, 4.69) is 15.6 Å². The summed E-state index contributed by atoms with van der Waals surface area (Å²) in [6, 6.07) is 3.45. The van der Waals surface area contributed by atoms with Crippen molar-refractivity contribution in [3.63, 3.8) is 0 Å². The number of alkyl halides is 1. The number of anilines is 3. The van der Waals surface area contributed by atoms with E-state index in [1.54, 1.807) is 24.5 Å². The largest absolute Gasteiger partial charge is 0.380 e. The van der Waals surface area contributed by atoms with Gasteiger partial charge in [-0.3, -0.25) is 14.6 Å². The monoisotopic (exact) mass is 508 g/mol. The third kappa shape index (κ3) is 7.57. The van der Waals surface area contributed by atoms with Gasteiger partial charge in [-0.15, -0.1) is 0 Å². The average molecular weight is 509 g/mol. The Labute approximate surface area is 207 Å². The zero-order valence-corrected chi connectivity index (χ0v) is 21.1. The second-order valence-corrected chi connectivity index (χ2v) is 11.4. The fourth-order valence-electron chi connectivity index (χ4n) is 4.63. The number of halogens is 1. The lowest BCUT2D eigenvalue weighted by Gasteiger charge is -2.29. The Balaban J connectivity index is 1.30. The molecule has 2 N–H and O–H groups in total. The molecule has 3 rings (SSSR count). The summed E-state index contributed by atoms with van der Waals surface area (Å²) in [7, 11) is -3.41. The third-order valence-corrected chi connectivity index (χ3v) is 9.06. The predicted octanol–water partition coefficient (Wildman–Crippen LogP) is 4.11. The van der Waals surface area contributed by atoms with E-state index >= 15 is 0 Å². The van der Waals surface area contributed by atoms with E-state index in [9.17, 15) is 22.4 Å². The van der Waals surface area contributed by atoms with Gasteiger partial charge in [0.15, 0.2) is 0 Å². The van der Waals surface area contributed by atoms with Crippen LogP contribution in [0.15, 0.2) is 34.1 Å². The van der Waals surface area contributed by atoms with E-state index in [0.717, 1.165) is 57.8 Å². The van der Waals surface area contributed by atoms with Crippen LogP contribution in [0.25, 0.3) is 0 Å². The minimum absolute atomic E-state index is 0.0421. The van der Waals surface area contributed by atoms with Crippen molar-refractivity contribution in [3.05, 3.63) is 45.0 Å². The van der Waals surface area contributed by atoms with E-state index in [1.807, 2.05) is 0 Å². The Morgan fingerprint density at radius 3 is 2.20 bits per heavy atom. The van der Waals surface area contributed by atoms with E-state index in [1.165, 1.54) is 4.31 Å². The minimum atomic E-state index is -3.41. The molecule has 1 aromatic carbocycles. The van der Waals surface area contributed by atoms with Gasteiger partial charge >= 0.3 is 0 Å². The van der Waals surface area contributed by atoms with Crippen molar-refractivity contribution in [1.29, 1.82) is 0 Å². The van der Waals surface area contributed by atoms with Gasteiger partial charge in [-0.05, 0) is 37.8 Å². The molecule has 10 heteroatoms. The standard InChI is InChI=1S/C25H37FN4O4S/c26-14-19-30(35(33,34)21-10-6-5-7-11-21)18-9-4-2-1-3-8-15-28-22-23(25(32)24(22)31)29-20-12-16-27-17-13-20/h12-13,16-17,21,28H,1-11,14-15,18-19H2,(H,27,29). The van der Waals surface area contributed by atoms with Crippen LogP contribution in [0.4, 0.5) is 21.5 Å². The first-order valence-electron chi connectivity index (χ1n) is 12.7. The molecule has 1 heterocycles. The quantitative estimate of drug-likeness (QED) is 0.259. The van der Waals surface area contributed by atoms with Gasteiger partial charge in [0.1, 0.15) is 18.0 Å². The van der Waals surface area contributed by atoms with Crippen molar-refractivity contribution < 1.29 is 12.8 Å². The van der Waals surface area contributed by atoms with E-state index < -0.39 is 27.6 Å². The Morgan fingerprint density at radius 2 is 1.51 bits per heavy atom. The van der Waals surface area contributed by atoms with Crippen molar-refractivity contribution in [2.75, 3.05) is 36.9 Å². The van der Waals surface area contributed by atoms with Crippen LogP contribution in [0.5, 0.6) is 0 Å². The van der Waals surface area contributed by atoms with Crippen LogP contribution in [-0.2, 0) is 10.0 Å². The molecule has 0 spiro atoms. The third-order valence-electron chi connectivity index (χ3n) is 6.66. The molecule has 0 radical (unpaired) electrons. The number of pyridine rings is 1. The lowest BCUT2D eigenvalue weighted by molar-refractivity contribution is 0.338. The zero-order chi connectivity index (χ0) is 25.1. The molecule has 0 saturated heterocycles. The smallest absolute Gasteiger partial charge is 0.253 e. The summed E-state index contributed by atoms with van der Waals surface area (Å²) in [4.78, 5) is 27.7. The van der Waals surface area contributed by atoms with Gasteiger partial charge in [0.05, 0.1) is 5.25 Å². The number of unbranched alkanes of at least 4 members (excludes halogenated alkanes) is 5. The summed E-state index contributed by atoms with van der Waals surface area (Å²) >= 11 is 0. The molecule has 194 valence electrons. The van der Waals surface area contributed by atoms with Gasteiger partial charge in [0, 0.05) is 37.7 Å². The van der Waals surface area contributed by atoms with Crippen molar-refractivity contribution in [2.45, 2.75) is 75.9 Å². The highest BCUT2D eigenvalue weighted by Crippen LogP contribution is 2.26. The molecule has 8 nitrogen and oxygen atoms in total. The van der Waals surface area contributed by atoms with E-state index in [-0.39, 0.29) is 11.8 Å². The first kappa shape index (κ1) is 27.3. The first-order valence-corrected chi connectivity index (χ1v) is 14.2. The van der Waals surface area contributed by atoms with Gasteiger partial charge in [-0.1, -0.05) is 44.9 Å². The highest BCUT2D eigenvalue weighted by atomic mass is 32.2. The molecule has 1 aliphatic rings. The molecule has 0 unspecified atom stereocenters. The molecule has 1 aromatic heterocycles. The molecule has 1 aliphatic carbocycles. The average Bonchev–Trinajstić information content (AvgIpc) is 2.89. The molecular formula is C25H37FN4O4S. The van der Waals surface area contributed by atoms with E-state index in [4.69, 9.17) is 0 Å². The number of hydrogen-bond donors (Lipinski definition) is 2. The molecule has 0 aliphatic heterocycles. The highest BCUT2D eigenvalue weighted by Gasteiger charge is 2.32. The normalized spacial score (nSPS) is 15.0. The van der Waals surface area contributed by atoms with Crippen LogP contribution in [0.2, 0.25) is 0 Å². The number of rotatable bonds is 16. The predicted molar refractivity (Wildman–Crippen MR) is 138 cm³/mol. The van der Waals surface area contributed by atoms with Gasteiger partial charge in [0.2, 0.25) is 10.0 Å². The summed E-state index contributed by atoms with van der Waals surface area (Å²) in [6.45, 7) is 0.296. The molecule has 0 bridgehead atoms.